The molecule has 0 radical (unpaired) electrons. The van der Waals surface area contributed by atoms with Crippen LogP contribution in [0.2, 0.25) is 10.0 Å². The fourth-order valence-electron chi connectivity index (χ4n) is 1.68. The predicted molar refractivity (Wildman–Crippen MR) is 82.4 cm³/mol. The average molecular weight is 385 g/mol. The van der Waals surface area contributed by atoms with Crippen molar-refractivity contribution >= 4 is 57.1 Å². The molecule has 7 nitrogen and oxygen atoms in total. The lowest BCUT2D eigenvalue weighted by atomic mass is 10.1. The summed E-state index contributed by atoms with van der Waals surface area (Å²) in [5.41, 5.74) is 0. The highest BCUT2D eigenvalue weighted by Gasteiger charge is 2.44. The molecule has 2 N–H and O–H groups in total. The van der Waals surface area contributed by atoms with Crippen molar-refractivity contribution in [2.24, 2.45) is 0 Å². The van der Waals surface area contributed by atoms with Crippen LogP contribution in [0, 0.1) is 0 Å². The van der Waals surface area contributed by atoms with E-state index >= 15 is 0 Å². The van der Waals surface area contributed by atoms with Gasteiger partial charge in [-0.3, -0.25) is 14.1 Å². The lowest BCUT2D eigenvalue weighted by Gasteiger charge is -2.35. The molecule has 22 heavy (non-hydrogen) atoms. The van der Waals surface area contributed by atoms with Crippen LogP contribution in [0.1, 0.15) is 0 Å². The number of nitrogens with one attached hydrogen (secondary N) is 1. The number of amides is 2. The van der Waals surface area contributed by atoms with Crippen molar-refractivity contribution < 1.29 is 22.6 Å². The normalized spacial score (nSPS) is 18.0. The van der Waals surface area contributed by atoms with E-state index in [1.54, 1.807) is 18.2 Å². The Kier molecular flexibility index (Phi) is 5.23. The molecule has 11 heteroatoms. The van der Waals surface area contributed by atoms with Crippen molar-refractivity contribution in [2.75, 3.05) is 12.3 Å². The third-order valence-electron chi connectivity index (χ3n) is 2.76. The number of hydrogen-bond donors (Lipinski definition) is 2. The minimum absolute atomic E-state index is 0.0181. The maximum Gasteiger partial charge on any atom is 0.362 e. The van der Waals surface area contributed by atoms with Gasteiger partial charge in [0.05, 0.1) is 17.3 Å². The number of carbonyl (C=O) groups is 2. The number of β-lactam (4-membered cyclic amide) rings is 1. The summed E-state index contributed by atoms with van der Waals surface area (Å²) in [6.45, 7) is -0.286. The van der Waals surface area contributed by atoms with Crippen LogP contribution in [0.4, 0.5) is 0 Å². The molecule has 1 saturated heterocycles. The number of halogens is 2. The Hall–Kier alpha value is -1.00. The van der Waals surface area contributed by atoms with E-state index in [1.807, 2.05) is 0 Å². The summed E-state index contributed by atoms with van der Waals surface area (Å²) in [7, 11) is -4.55. The van der Waals surface area contributed by atoms with E-state index < -0.39 is 28.2 Å². The summed E-state index contributed by atoms with van der Waals surface area (Å²) in [4.78, 5) is 23.8. The minimum atomic E-state index is -4.55. The second-order valence-corrected chi connectivity index (χ2v) is 7.53. The number of carbonyl (C=O) groups excluding carboxylic acids is 2. The van der Waals surface area contributed by atoms with E-state index in [9.17, 15) is 18.0 Å². The van der Waals surface area contributed by atoms with E-state index in [-0.39, 0.29) is 16.6 Å². The monoisotopic (exact) mass is 384 g/mol. The van der Waals surface area contributed by atoms with Crippen LogP contribution < -0.4 is 5.32 Å². The van der Waals surface area contributed by atoms with Crippen LogP contribution in [0.25, 0.3) is 0 Å². The van der Waals surface area contributed by atoms with E-state index in [0.29, 0.717) is 14.9 Å². The van der Waals surface area contributed by atoms with Crippen LogP contribution in [-0.2, 0) is 19.9 Å². The fourth-order valence-corrected chi connectivity index (χ4v) is 3.67. The molecule has 0 bridgehead atoms. The first-order chi connectivity index (χ1) is 10.2. The predicted octanol–water partition coefficient (Wildman–Crippen LogP) is 1.22. The van der Waals surface area contributed by atoms with Gasteiger partial charge in [-0.25, -0.2) is 4.31 Å². The van der Waals surface area contributed by atoms with Crippen molar-refractivity contribution in [2.45, 2.75) is 10.9 Å². The molecule has 2 rings (SSSR count). The molecule has 1 aromatic carbocycles. The second kappa shape index (κ2) is 6.63. The van der Waals surface area contributed by atoms with Gasteiger partial charge in [0.25, 0.3) is 5.91 Å². The number of hydrogen-bond acceptors (Lipinski definition) is 5. The summed E-state index contributed by atoms with van der Waals surface area (Å²) in [5.74, 6) is -1.36. The van der Waals surface area contributed by atoms with Crippen LogP contribution in [-0.4, -0.2) is 47.4 Å². The van der Waals surface area contributed by atoms with Crippen LogP contribution in [0.3, 0.4) is 0 Å². The average Bonchev–Trinajstić information content (AvgIpc) is 2.42. The van der Waals surface area contributed by atoms with Crippen molar-refractivity contribution in [3.63, 3.8) is 0 Å². The molecule has 1 aliphatic heterocycles. The van der Waals surface area contributed by atoms with Gasteiger partial charge in [-0.1, -0.05) is 23.2 Å². The third-order valence-corrected chi connectivity index (χ3v) is 5.38. The summed E-state index contributed by atoms with van der Waals surface area (Å²) in [6, 6.07) is 3.87. The maximum atomic E-state index is 11.7. The Morgan fingerprint density at radius 3 is 2.73 bits per heavy atom. The molecule has 120 valence electrons. The molecule has 0 aromatic heterocycles. The van der Waals surface area contributed by atoms with E-state index in [1.165, 1.54) is 0 Å². The first kappa shape index (κ1) is 17.4. The summed E-state index contributed by atoms with van der Waals surface area (Å²) in [5, 5.41) is 3.29. The van der Waals surface area contributed by atoms with Gasteiger partial charge in [0.2, 0.25) is 5.91 Å². The highest BCUT2D eigenvalue weighted by atomic mass is 35.5. The SMILES string of the molecule is O=C(CSc1cc(Cl)ccc1Cl)NC1CN(S(=O)(=O)O)C1=O. The number of rotatable bonds is 5. The fraction of sp³-hybridized carbons (Fsp3) is 0.273. The van der Waals surface area contributed by atoms with Gasteiger partial charge in [-0.2, -0.15) is 8.42 Å². The Balaban J connectivity index is 1.85. The first-order valence-corrected chi connectivity index (χ1v) is 8.98. The molecular weight excluding hydrogens is 375 g/mol. The number of benzene rings is 1. The van der Waals surface area contributed by atoms with Crippen LogP contribution in [0.15, 0.2) is 23.1 Å². The molecule has 2 amide bonds. The lowest BCUT2D eigenvalue weighted by molar-refractivity contribution is -0.140. The lowest BCUT2D eigenvalue weighted by Crippen LogP contribution is -2.65. The van der Waals surface area contributed by atoms with E-state index in [0.717, 1.165) is 11.8 Å². The van der Waals surface area contributed by atoms with Crippen molar-refractivity contribution in [3.05, 3.63) is 28.2 Å². The Morgan fingerprint density at radius 2 is 2.14 bits per heavy atom. The van der Waals surface area contributed by atoms with Gasteiger partial charge in [-0.15, -0.1) is 11.8 Å². The number of thioether (sulfide) groups is 1. The Labute approximate surface area is 140 Å². The highest BCUT2D eigenvalue weighted by molar-refractivity contribution is 8.00. The molecule has 1 unspecified atom stereocenters. The molecule has 0 saturated carbocycles. The molecule has 1 atom stereocenters. The second-order valence-electron chi connectivity index (χ2n) is 4.33. The zero-order chi connectivity index (χ0) is 16.5. The minimum Gasteiger partial charge on any atom is -0.342 e. The largest absolute Gasteiger partial charge is 0.362 e. The van der Waals surface area contributed by atoms with Gasteiger partial charge in [0, 0.05) is 9.92 Å². The number of nitrogens with zero attached hydrogens (tertiary/aromatic N) is 1. The molecule has 1 fully saturated rings. The van der Waals surface area contributed by atoms with Gasteiger partial charge < -0.3 is 5.32 Å². The van der Waals surface area contributed by atoms with Gasteiger partial charge in [0.1, 0.15) is 6.04 Å². The maximum absolute atomic E-state index is 11.7. The van der Waals surface area contributed by atoms with Crippen LogP contribution in [0.5, 0.6) is 0 Å². The highest BCUT2D eigenvalue weighted by Crippen LogP contribution is 2.29. The van der Waals surface area contributed by atoms with Crippen molar-refractivity contribution in [1.29, 1.82) is 0 Å². The molecule has 0 spiro atoms. The zero-order valence-electron chi connectivity index (χ0n) is 10.8. The topological polar surface area (TPSA) is 104 Å². The van der Waals surface area contributed by atoms with Crippen LogP contribution >= 0.6 is 35.0 Å². The summed E-state index contributed by atoms with van der Waals surface area (Å²) >= 11 is 12.9. The van der Waals surface area contributed by atoms with Gasteiger partial charge in [0.15, 0.2) is 0 Å². The van der Waals surface area contributed by atoms with Gasteiger partial charge >= 0.3 is 10.3 Å². The summed E-state index contributed by atoms with van der Waals surface area (Å²) in [6.07, 6.45) is 0. The standard InChI is InChI=1S/C11H10Cl2N2O5S2/c12-6-1-2-7(13)9(3-6)21-5-10(16)14-8-4-15(11(8)17)22(18,19)20/h1-3,8H,4-5H2,(H,14,16)(H,18,19,20). The van der Waals surface area contributed by atoms with Crippen molar-refractivity contribution in [3.8, 4) is 0 Å². The molecule has 0 aliphatic carbocycles. The van der Waals surface area contributed by atoms with Crippen molar-refractivity contribution in [1.82, 2.24) is 9.62 Å². The Morgan fingerprint density at radius 1 is 1.45 bits per heavy atom. The molecular formula is C11H10Cl2N2O5S2. The smallest absolute Gasteiger partial charge is 0.342 e. The zero-order valence-corrected chi connectivity index (χ0v) is 14.0. The summed E-state index contributed by atoms with van der Waals surface area (Å²) < 4.78 is 30.5. The Bertz CT molecular complexity index is 725. The van der Waals surface area contributed by atoms with Gasteiger partial charge in [-0.05, 0) is 18.2 Å². The molecule has 1 aliphatic rings. The quantitative estimate of drug-likeness (QED) is 0.449. The van der Waals surface area contributed by atoms with E-state index in [2.05, 4.69) is 5.32 Å². The first-order valence-electron chi connectivity index (χ1n) is 5.84. The third kappa shape index (κ3) is 4.05. The molecule has 1 aromatic rings. The molecule has 1 heterocycles. The van der Waals surface area contributed by atoms with E-state index in [4.69, 9.17) is 27.8 Å².